The summed E-state index contributed by atoms with van der Waals surface area (Å²) in [6.45, 7) is 5.74. The van der Waals surface area contributed by atoms with Crippen LogP contribution < -0.4 is 5.32 Å². The minimum absolute atomic E-state index is 0.568. The Morgan fingerprint density at radius 3 is 2.62 bits per heavy atom. The molecular formula is C12H18N4. The van der Waals surface area contributed by atoms with Crippen molar-refractivity contribution in [1.82, 2.24) is 14.9 Å². The number of rotatable bonds is 2. The third-order valence-electron chi connectivity index (χ3n) is 3.86. The summed E-state index contributed by atoms with van der Waals surface area (Å²) < 4.78 is 0. The molecule has 3 aliphatic heterocycles. The predicted octanol–water partition coefficient (Wildman–Crippen LogP) is 1.29. The summed E-state index contributed by atoms with van der Waals surface area (Å²) in [4.78, 5) is 11.2. The molecule has 1 aromatic heterocycles. The average Bonchev–Trinajstić information content (AvgIpc) is 2.34. The highest BCUT2D eigenvalue weighted by molar-refractivity contribution is 5.40. The summed E-state index contributed by atoms with van der Waals surface area (Å²) in [5, 5.41) is 3.57. The normalized spacial score (nSPS) is 32.7. The van der Waals surface area contributed by atoms with Crippen LogP contribution in [0.2, 0.25) is 0 Å². The molecule has 0 aliphatic carbocycles. The van der Waals surface area contributed by atoms with Crippen molar-refractivity contribution >= 4 is 5.82 Å². The molecule has 0 radical (unpaired) electrons. The van der Waals surface area contributed by atoms with Gasteiger partial charge >= 0.3 is 0 Å². The molecule has 4 nitrogen and oxygen atoms in total. The van der Waals surface area contributed by atoms with Crippen LogP contribution in [0, 0.1) is 12.8 Å². The second kappa shape index (κ2) is 4.01. The summed E-state index contributed by atoms with van der Waals surface area (Å²) in [5.41, 5.74) is 0.999. The van der Waals surface area contributed by atoms with Crippen molar-refractivity contribution in [2.24, 2.45) is 5.92 Å². The van der Waals surface area contributed by atoms with Crippen molar-refractivity contribution in [3.05, 3.63) is 18.1 Å². The van der Waals surface area contributed by atoms with E-state index in [4.69, 9.17) is 0 Å². The largest absolute Gasteiger partial charge is 0.364 e. The van der Waals surface area contributed by atoms with Crippen LogP contribution in [-0.4, -0.2) is 40.5 Å². The van der Waals surface area contributed by atoms with E-state index in [1.165, 1.54) is 32.5 Å². The Morgan fingerprint density at radius 2 is 2.00 bits per heavy atom. The Hall–Kier alpha value is -1.16. The molecule has 0 spiro atoms. The number of nitrogens with zero attached hydrogens (tertiary/aromatic N) is 3. The second-order valence-corrected chi connectivity index (χ2v) is 4.88. The Kier molecular flexibility index (Phi) is 2.52. The van der Waals surface area contributed by atoms with Crippen molar-refractivity contribution in [2.75, 3.05) is 25.0 Å². The van der Waals surface area contributed by atoms with E-state index in [0.717, 1.165) is 17.4 Å². The third kappa shape index (κ3) is 1.78. The zero-order valence-corrected chi connectivity index (χ0v) is 9.69. The van der Waals surface area contributed by atoms with Gasteiger partial charge < -0.3 is 10.2 Å². The van der Waals surface area contributed by atoms with Gasteiger partial charge in [0.1, 0.15) is 5.82 Å². The van der Waals surface area contributed by atoms with Crippen molar-refractivity contribution in [1.29, 1.82) is 0 Å². The number of piperidine rings is 3. The lowest BCUT2D eigenvalue weighted by Gasteiger charge is -2.45. The molecule has 3 saturated heterocycles. The van der Waals surface area contributed by atoms with Gasteiger partial charge in [-0.1, -0.05) is 0 Å². The van der Waals surface area contributed by atoms with E-state index >= 15 is 0 Å². The number of nitrogens with one attached hydrogen (secondary N) is 1. The average molecular weight is 218 g/mol. The molecule has 4 heteroatoms. The third-order valence-corrected chi connectivity index (χ3v) is 3.86. The van der Waals surface area contributed by atoms with Crippen LogP contribution in [0.25, 0.3) is 0 Å². The maximum absolute atomic E-state index is 4.36. The Bertz CT molecular complexity index is 371. The van der Waals surface area contributed by atoms with Crippen molar-refractivity contribution in [2.45, 2.75) is 25.8 Å². The van der Waals surface area contributed by atoms with Crippen LogP contribution >= 0.6 is 0 Å². The summed E-state index contributed by atoms with van der Waals surface area (Å²) >= 11 is 0. The van der Waals surface area contributed by atoms with E-state index < -0.39 is 0 Å². The van der Waals surface area contributed by atoms with E-state index in [-0.39, 0.29) is 0 Å². The smallest absolute Gasteiger partial charge is 0.147 e. The van der Waals surface area contributed by atoms with Crippen molar-refractivity contribution in [3.8, 4) is 0 Å². The van der Waals surface area contributed by atoms with E-state index in [0.29, 0.717) is 6.04 Å². The Labute approximate surface area is 96.1 Å². The molecule has 4 rings (SSSR count). The van der Waals surface area contributed by atoms with Gasteiger partial charge in [-0.25, -0.2) is 4.98 Å². The first kappa shape index (κ1) is 10.0. The molecule has 3 fully saturated rings. The van der Waals surface area contributed by atoms with Crippen molar-refractivity contribution in [3.63, 3.8) is 0 Å². The van der Waals surface area contributed by atoms with Gasteiger partial charge in [0, 0.05) is 25.0 Å². The minimum atomic E-state index is 0.568. The van der Waals surface area contributed by atoms with E-state index in [1.54, 1.807) is 12.4 Å². The summed E-state index contributed by atoms with van der Waals surface area (Å²) in [6.07, 6.45) is 6.17. The van der Waals surface area contributed by atoms with Crippen LogP contribution in [0.5, 0.6) is 0 Å². The van der Waals surface area contributed by atoms with Crippen LogP contribution in [-0.2, 0) is 0 Å². The number of anilines is 1. The number of aryl methyl sites for hydroxylation is 1. The number of aromatic nitrogens is 2. The molecule has 86 valence electrons. The molecule has 1 N–H and O–H groups in total. The monoisotopic (exact) mass is 218 g/mol. The fourth-order valence-electron chi connectivity index (χ4n) is 2.85. The topological polar surface area (TPSA) is 41.1 Å². The second-order valence-electron chi connectivity index (χ2n) is 4.88. The van der Waals surface area contributed by atoms with Crippen LogP contribution in [0.3, 0.4) is 0 Å². The quantitative estimate of drug-likeness (QED) is 0.812. The Morgan fingerprint density at radius 1 is 1.25 bits per heavy atom. The lowest BCUT2D eigenvalue weighted by Crippen LogP contribution is -2.53. The molecular weight excluding hydrogens is 200 g/mol. The van der Waals surface area contributed by atoms with Gasteiger partial charge in [0.05, 0.1) is 5.69 Å². The van der Waals surface area contributed by atoms with Crippen LogP contribution in [0.1, 0.15) is 18.5 Å². The van der Waals surface area contributed by atoms with Gasteiger partial charge in [-0.15, -0.1) is 0 Å². The molecule has 16 heavy (non-hydrogen) atoms. The van der Waals surface area contributed by atoms with Crippen LogP contribution in [0.4, 0.5) is 5.82 Å². The maximum Gasteiger partial charge on any atom is 0.147 e. The highest BCUT2D eigenvalue weighted by Crippen LogP contribution is 2.29. The predicted molar refractivity (Wildman–Crippen MR) is 63.3 cm³/mol. The molecule has 1 aromatic rings. The Balaban J connectivity index is 1.73. The maximum atomic E-state index is 4.36. The lowest BCUT2D eigenvalue weighted by atomic mass is 9.84. The fourth-order valence-corrected chi connectivity index (χ4v) is 2.85. The summed E-state index contributed by atoms with van der Waals surface area (Å²) in [6, 6.07) is 0.568. The molecule has 3 aliphatic rings. The molecule has 1 unspecified atom stereocenters. The van der Waals surface area contributed by atoms with Crippen molar-refractivity contribution < 1.29 is 0 Å². The van der Waals surface area contributed by atoms with E-state index in [2.05, 4.69) is 20.2 Å². The van der Waals surface area contributed by atoms with Gasteiger partial charge in [-0.2, -0.15) is 0 Å². The molecule has 0 amide bonds. The van der Waals surface area contributed by atoms with Crippen LogP contribution in [0.15, 0.2) is 12.4 Å². The summed E-state index contributed by atoms with van der Waals surface area (Å²) in [5.74, 6) is 1.78. The number of hydrogen-bond acceptors (Lipinski definition) is 4. The highest BCUT2D eigenvalue weighted by atomic mass is 15.2. The lowest BCUT2D eigenvalue weighted by molar-refractivity contribution is 0.0973. The summed E-state index contributed by atoms with van der Waals surface area (Å²) in [7, 11) is 0. The van der Waals surface area contributed by atoms with Gasteiger partial charge in [0.2, 0.25) is 0 Å². The molecule has 0 aromatic carbocycles. The molecule has 1 atom stereocenters. The van der Waals surface area contributed by atoms with Gasteiger partial charge in [-0.05, 0) is 38.8 Å². The SMILES string of the molecule is Cc1nccnc1NC1CN2CCC1CC2. The zero-order valence-electron chi connectivity index (χ0n) is 9.69. The highest BCUT2D eigenvalue weighted by Gasteiger charge is 2.34. The zero-order chi connectivity index (χ0) is 11.0. The van der Waals surface area contributed by atoms with E-state index in [1.807, 2.05) is 6.92 Å². The van der Waals surface area contributed by atoms with Gasteiger partial charge in [0.25, 0.3) is 0 Å². The molecule has 4 heterocycles. The molecule has 0 saturated carbocycles. The first-order valence-electron chi connectivity index (χ1n) is 6.09. The first-order valence-corrected chi connectivity index (χ1v) is 6.09. The molecule has 2 bridgehead atoms. The number of hydrogen-bond donors (Lipinski definition) is 1. The first-order chi connectivity index (χ1) is 7.83. The number of fused-ring (bicyclic) bond motifs is 3. The van der Waals surface area contributed by atoms with E-state index in [9.17, 15) is 0 Å². The standard InChI is InChI=1S/C12H18N4/c1-9-12(14-5-4-13-9)15-11-8-16-6-2-10(11)3-7-16/h4-5,10-11H,2-3,6-8H2,1H3,(H,14,15). The van der Waals surface area contributed by atoms with Gasteiger partial charge in [0.15, 0.2) is 0 Å². The fraction of sp³-hybridized carbons (Fsp3) is 0.667. The minimum Gasteiger partial charge on any atom is -0.364 e. The van der Waals surface area contributed by atoms with Gasteiger partial charge in [-0.3, -0.25) is 4.98 Å².